The monoisotopic (exact) mass is 272 g/mol. The third kappa shape index (κ3) is 3.07. The van der Waals surface area contributed by atoms with Crippen LogP contribution in [0.2, 0.25) is 0 Å². The third-order valence-corrected chi connectivity index (χ3v) is 5.31. The summed E-state index contributed by atoms with van der Waals surface area (Å²) < 4.78 is 0. The molecule has 1 aromatic carbocycles. The van der Waals surface area contributed by atoms with Gasteiger partial charge in [-0.05, 0) is 42.2 Å². The second kappa shape index (κ2) is 5.87. The van der Waals surface area contributed by atoms with Crippen LogP contribution in [0.15, 0.2) is 24.3 Å². The number of fused-ring (bicyclic) bond motifs is 1. The number of hydrogen-bond donors (Lipinski definition) is 1. The third-order valence-electron chi connectivity index (χ3n) is 5.31. The molecule has 0 bridgehead atoms. The van der Waals surface area contributed by atoms with Crippen molar-refractivity contribution in [3.8, 4) is 0 Å². The fourth-order valence-electron chi connectivity index (χ4n) is 3.42. The van der Waals surface area contributed by atoms with Crippen molar-refractivity contribution < 1.29 is 0 Å². The second-order valence-corrected chi connectivity index (χ2v) is 6.78. The Labute approximate surface area is 123 Å². The van der Waals surface area contributed by atoms with Gasteiger partial charge in [0.2, 0.25) is 0 Å². The largest absolute Gasteiger partial charge is 0.313 e. The van der Waals surface area contributed by atoms with E-state index in [1.165, 1.54) is 49.9 Å². The van der Waals surface area contributed by atoms with Crippen LogP contribution in [-0.2, 0) is 13.1 Å². The van der Waals surface area contributed by atoms with Crippen LogP contribution in [0.3, 0.4) is 0 Å². The highest BCUT2D eigenvalue weighted by molar-refractivity contribution is 5.30. The summed E-state index contributed by atoms with van der Waals surface area (Å²) in [5.41, 5.74) is 3.51. The summed E-state index contributed by atoms with van der Waals surface area (Å²) >= 11 is 0. The highest BCUT2D eigenvalue weighted by Gasteiger charge is 2.33. The summed E-state index contributed by atoms with van der Waals surface area (Å²) in [6, 6.07) is 9.74. The lowest BCUT2D eigenvalue weighted by atomic mass is 9.81. The predicted molar refractivity (Wildman–Crippen MR) is 84.6 cm³/mol. The molecule has 0 radical (unpaired) electrons. The van der Waals surface area contributed by atoms with E-state index >= 15 is 0 Å². The van der Waals surface area contributed by atoms with E-state index < -0.39 is 0 Å². The quantitative estimate of drug-likeness (QED) is 0.816. The molecule has 110 valence electrons. The molecule has 1 aliphatic heterocycles. The lowest BCUT2D eigenvalue weighted by molar-refractivity contribution is 0.133. The minimum atomic E-state index is 0.449. The molecule has 1 fully saturated rings. The summed E-state index contributed by atoms with van der Waals surface area (Å²) in [5.74, 6) is 0. The maximum atomic E-state index is 3.77. The van der Waals surface area contributed by atoms with Crippen molar-refractivity contribution in [2.24, 2.45) is 5.41 Å². The van der Waals surface area contributed by atoms with Crippen molar-refractivity contribution in [1.29, 1.82) is 0 Å². The maximum absolute atomic E-state index is 3.77. The van der Waals surface area contributed by atoms with E-state index in [0.29, 0.717) is 5.41 Å². The molecule has 3 rings (SSSR count). The van der Waals surface area contributed by atoms with Crippen molar-refractivity contribution >= 4 is 0 Å². The van der Waals surface area contributed by atoms with Crippen molar-refractivity contribution in [3.05, 3.63) is 35.4 Å². The molecule has 1 saturated carbocycles. The second-order valence-electron chi connectivity index (χ2n) is 6.78. The molecule has 1 aromatic rings. The van der Waals surface area contributed by atoms with Crippen molar-refractivity contribution in [2.45, 2.75) is 58.7 Å². The topological polar surface area (TPSA) is 15.3 Å². The Hall–Kier alpha value is -0.860. The van der Waals surface area contributed by atoms with Gasteiger partial charge in [-0.15, -0.1) is 0 Å². The molecular formula is C18H28N2. The van der Waals surface area contributed by atoms with Crippen LogP contribution in [0.5, 0.6) is 0 Å². The highest BCUT2D eigenvalue weighted by Crippen LogP contribution is 2.32. The fourth-order valence-corrected chi connectivity index (χ4v) is 3.42. The fraction of sp³-hybridized carbons (Fsp3) is 0.667. The summed E-state index contributed by atoms with van der Waals surface area (Å²) in [6.07, 6.45) is 5.32. The molecule has 0 spiro atoms. The molecule has 2 aliphatic rings. The smallest absolute Gasteiger partial charge is 0.0240 e. The number of nitrogens with one attached hydrogen (secondary N) is 1. The van der Waals surface area contributed by atoms with Crippen LogP contribution >= 0.6 is 0 Å². The minimum Gasteiger partial charge on any atom is -0.313 e. The van der Waals surface area contributed by atoms with Crippen LogP contribution in [0.25, 0.3) is 0 Å². The SMILES string of the molecule is CCC(CC)(CNC1CC1)CN1Cc2ccccc2C1. The standard InChI is InChI=1S/C18H28N2/c1-3-18(4-2,13-19-17-9-10-17)14-20-11-15-7-5-6-8-16(15)12-20/h5-8,17,19H,3-4,9-14H2,1-2H3. The van der Waals surface area contributed by atoms with Gasteiger partial charge >= 0.3 is 0 Å². The summed E-state index contributed by atoms with van der Waals surface area (Å²) in [4.78, 5) is 2.65. The molecule has 1 aliphatic carbocycles. The van der Waals surface area contributed by atoms with E-state index in [0.717, 1.165) is 19.1 Å². The first-order chi connectivity index (χ1) is 9.74. The van der Waals surface area contributed by atoms with Gasteiger partial charge in [0.1, 0.15) is 0 Å². The first-order valence-corrected chi connectivity index (χ1v) is 8.27. The van der Waals surface area contributed by atoms with Crippen LogP contribution < -0.4 is 5.32 Å². The highest BCUT2D eigenvalue weighted by atomic mass is 15.2. The average molecular weight is 272 g/mol. The summed E-state index contributed by atoms with van der Waals surface area (Å²) in [6.45, 7) is 9.43. The van der Waals surface area contributed by atoms with Crippen LogP contribution in [0.4, 0.5) is 0 Å². The molecule has 0 saturated heterocycles. The van der Waals surface area contributed by atoms with Gasteiger partial charge in [0.05, 0.1) is 0 Å². The number of hydrogen-bond acceptors (Lipinski definition) is 2. The Balaban J connectivity index is 1.62. The zero-order valence-corrected chi connectivity index (χ0v) is 13.0. The minimum absolute atomic E-state index is 0.449. The van der Waals surface area contributed by atoms with Gasteiger partial charge in [-0.1, -0.05) is 38.1 Å². The zero-order valence-electron chi connectivity index (χ0n) is 13.0. The van der Waals surface area contributed by atoms with Crippen LogP contribution in [0.1, 0.15) is 50.7 Å². The van der Waals surface area contributed by atoms with Crippen molar-refractivity contribution in [2.75, 3.05) is 13.1 Å². The van der Waals surface area contributed by atoms with Gasteiger partial charge in [0.25, 0.3) is 0 Å². The molecule has 2 heteroatoms. The number of benzene rings is 1. The number of rotatable bonds is 7. The van der Waals surface area contributed by atoms with Crippen LogP contribution in [0, 0.1) is 5.41 Å². The van der Waals surface area contributed by atoms with Gasteiger partial charge in [-0.3, -0.25) is 4.90 Å². The Morgan fingerprint density at radius 2 is 1.70 bits per heavy atom. The molecule has 0 amide bonds. The Kier molecular flexibility index (Phi) is 4.13. The maximum Gasteiger partial charge on any atom is 0.0240 e. The molecular weight excluding hydrogens is 244 g/mol. The average Bonchev–Trinajstić information content (AvgIpc) is 3.22. The Bertz CT molecular complexity index is 421. The lowest BCUT2D eigenvalue weighted by Gasteiger charge is -2.36. The summed E-state index contributed by atoms with van der Waals surface area (Å²) in [7, 11) is 0. The van der Waals surface area contributed by atoms with E-state index in [1.807, 2.05) is 0 Å². The Morgan fingerprint density at radius 1 is 1.10 bits per heavy atom. The van der Waals surface area contributed by atoms with E-state index in [1.54, 1.807) is 0 Å². The molecule has 0 aromatic heterocycles. The van der Waals surface area contributed by atoms with E-state index in [2.05, 4.69) is 48.3 Å². The Morgan fingerprint density at radius 3 is 2.20 bits per heavy atom. The van der Waals surface area contributed by atoms with E-state index in [-0.39, 0.29) is 0 Å². The van der Waals surface area contributed by atoms with Crippen LogP contribution in [-0.4, -0.2) is 24.0 Å². The molecule has 0 unspecified atom stereocenters. The van der Waals surface area contributed by atoms with Crippen molar-refractivity contribution in [1.82, 2.24) is 10.2 Å². The normalized spacial score (nSPS) is 19.3. The molecule has 1 N–H and O–H groups in total. The first kappa shape index (κ1) is 14.1. The van der Waals surface area contributed by atoms with Gasteiger partial charge < -0.3 is 5.32 Å². The van der Waals surface area contributed by atoms with E-state index in [9.17, 15) is 0 Å². The van der Waals surface area contributed by atoms with Gasteiger partial charge in [-0.25, -0.2) is 0 Å². The molecule has 2 nitrogen and oxygen atoms in total. The van der Waals surface area contributed by atoms with Gasteiger partial charge in [-0.2, -0.15) is 0 Å². The first-order valence-electron chi connectivity index (χ1n) is 8.27. The molecule has 1 heterocycles. The van der Waals surface area contributed by atoms with Crippen molar-refractivity contribution in [3.63, 3.8) is 0 Å². The zero-order chi connectivity index (χ0) is 14.0. The number of nitrogens with zero attached hydrogens (tertiary/aromatic N) is 1. The predicted octanol–water partition coefficient (Wildman–Crippen LogP) is 3.56. The molecule has 0 atom stereocenters. The van der Waals surface area contributed by atoms with E-state index in [4.69, 9.17) is 0 Å². The summed E-state index contributed by atoms with van der Waals surface area (Å²) in [5, 5.41) is 3.77. The van der Waals surface area contributed by atoms with Gasteiger partial charge in [0, 0.05) is 32.2 Å². The lowest BCUT2D eigenvalue weighted by Crippen LogP contribution is -2.42. The van der Waals surface area contributed by atoms with Gasteiger partial charge in [0.15, 0.2) is 0 Å². The molecule has 20 heavy (non-hydrogen) atoms.